The van der Waals surface area contributed by atoms with Gasteiger partial charge in [0.15, 0.2) is 0 Å². The van der Waals surface area contributed by atoms with Gasteiger partial charge in [0.2, 0.25) is 0 Å². The van der Waals surface area contributed by atoms with E-state index in [0.717, 1.165) is 19.0 Å². The van der Waals surface area contributed by atoms with E-state index < -0.39 is 0 Å². The minimum Gasteiger partial charge on any atom is -0.317 e. The van der Waals surface area contributed by atoms with E-state index in [1.54, 1.807) is 0 Å². The van der Waals surface area contributed by atoms with Crippen molar-refractivity contribution in [2.75, 3.05) is 26.2 Å². The first-order valence-electron chi connectivity index (χ1n) is 8.01. The molecule has 1 aromatic rings. The Hall–Kier alpha value is -0.380. The Morgan fingerprint density at radius 1 is 1.25 bits per heavy atom. The molecule has 2 nitrogen and oxygen atoms in total. The van der Waals surface area contributed by atoms with Crippen molar-refractivity contribution >= 4 is 11.3 Å². The van der Waals surface area contributed by atoms with Crippen molar-refractivity contribution in [3.63, 3.8) is 0 Å². The van der Waals surface area contributed by atoms with Gasteiger partial charge < -0.3 is 5.32 Å². The third-order valence-electron chi connectivity index (χ3n) is 4.17. The Labute approximate surface area is 128 Å². The van der Waals surface area contributed by atoms with Crippen molar-refractivity contribution in [3.8, 4) is 0 Å². The van der Waals surface area contributed by atoms with Gasteiger partial charge in [-0.25, -0.2) is 0 Å². The lowest BCUT2D eigenvalue weighted by atomic mass is 9.95. The number of nitrogens with one attached hydrogen (secondary N) is 1. The summed E-state index contributed by atoms with van der Waals surface area (Å²) in [7, 11) is 0. The minimum absolute atomic E-state index is 0.293. The van der Waals surface area contributed by atoms with Gasteiger partial charge >= 0.3 is 0 Å². The average Bonchev–Trinajstić information content (AvgIpc) is 2.86. The summed E-state index contributed by atoms with van der Waals surface area (Å²) in [5, 5.41) is 3.49. The monoisotopic (exact) mass is 294 g/mol. The summed E-state index contributed by atoms with van der Waals surface area (Å²) in [5.41, 5.74) is 0.293. The molecule has 3 heteroatoms. The highest BCUT2D eigenvalue weighted by molar-refractivity contribution is 7.12. The normalized spacial score (nSPS) is 18.6. The molecule has 0 atom stereocenters. The number of nitrogens with zero attached hydrogens (tertiary/aromatic N) is 1. The summed E-state index contributed by atoms with van der Waals surface area (Å²) in [4.78, 5) is 5.66. The quantitative estimate of drug-likeness (QED) is 0.887. The van der Waals surface area contributed by atoms with Crippen molar-refractivity contribution in [3.05, 3.63) is 21.9 Å². The number of piperidine rings is 1. The van der Waals surface area contributed by atoms with Gasteiger partial charge in [-0.2, -0.15) is 0 Å². The summed E-state index contributed by atoms with van der Waals surface area (Å²) in [6, 6.07) is 4.65. The van der Waals surface area contributed by atoms with Gasteiger partial charge in [-0.3, -0.25) is 4.90 Å². The van der Waals surface area contributed by atoms with Crippen LogP contribution in [0.15, 0.2) is 12.1 Å². The zero-order valence-corrected chi connectivity index (χ0v) is 14.4. The molecule has 2 heterocycles. The maximum Gasteiger partial charge on any atom is 0.0328 e. The van der Waals surface area contributed by atoms with Gasteiger partial charge in [0.05, 0.1) is 0 Å². The number of thiophene rings is 1. The Morgan fingerprint density at radius 3 is 2.50 bits per heavy atom. The van der Waals surface area contributed by atoms with Gasteiger partial charge in [-0.05, 0) is 62.5 Å². The fourth-order valence-corrected chi connectivity index (χ4v) is 3.89. The SMILES string of the molecule is CCNCC1CCN(Cc2ccc(C(C)(C)C)s2)CC1. The first-order chi connectivity index (χ1) is 9.49. The van der Waals surface area contributed by atoms with Gasteiger partial charge in [-0.1, -0.05) is 27.7 Å². The molecule has 0 radical (unpaired) electrons. The standard InChI is InChI=1S/C17H30N2S/c1-5-18-12-14-8-10-19(11-9-14)13-15-6-7-16(20-15)17(2,3)4/h6-7,14,18H,5,8-13H2,1-4H3. The van der Waals surface area contributed by atoms with Crippen LogP contribution in [0, 0.1) is 5.92 Å². The molecule has 0 unspecified atom stereocenters. The zero-order chi connectivity index (χ0) is 14.6. The predicted molar refractivity (Wildman–Crippen MR) is 89.6 cm³/mol. The highest BCUT2D eigenvalue weighted by Gasteiger charge is 2.20. The van der Waals surface area contributed by atoms with Crippen LogP contribution < -0.4 is 5.32 Å². The van der Waals surface area contributed by atoms with Crippen LogP contribution in [0.5, 0.6) is 0 Å². The van der Waals surface area contributed by atoms with Crippen molar-refractivity contribution in [1.29, 1.82) is 0 Å². The second-order valence-electron chi connectivity index (χ2n) is 7.04. The highest BCUT2D eigenvalue weighted by atomic mass is 32.1. The van der Waals surface area contributed by atoms with E-state index >= 15 is 0 Å². The van der Waals surface area contributed by atoms with Gasteiger partial charge in [-0.15, -0.1) is 11.3 Å². The van der Waals surface area contributed by atoms with E-state index in [4.69, 9.17) is 0 Å². The van der Waals surface area contributed by atoms with Crippen molar-refractivity contribution < 1.29 is 0 Å². The lowest BCUT2D eigenvalue weighted by Crippen LogP contribution is -2.36. The van der Waals surface area contributed by atoms with E-state index in [2.05, 4.69) is 50.0 Å². The van der Waals surface area contributed by atoms with E-state index in [0.29, 0.717) is 5.41 Å². The molecular formula is C17H30N2S. The van der Waals surface area contributed by atoms with Crippen LogP contribution in [-0.2, 0) is 12.0 Å². The highest BCUT2D eigenvalue weighted by Crippen LogP contribution is 2.30. The second-order valence-corrected chi connectivity index (χ2v) is 8.21. The molecule has 0 amide bonds. The summed E-state index contributed by atoms with van der Waals surface area (Å²) >= 11 is 1.99. The molecule has 1 aliphatic rings. The number of hydrogen-bond donors (Lipinski definition) is 1. The minimum atomic E-state index is 0.293. The molecule has 1 aliphatic heterocycles. The molecule has 0 bridgehead atoms. The molecule has 20 heavy (non-hydrogen) atoms. The topological polar surface area (TPSA) is 15.3 Å². The maximum absolute atomic E-state index is 3.49. The van der Waals surface area contributed by atoms with Crippen LogP contribution in [0.25, 0.3) is 0 Å². The summed E-state index contributed by atoms with van der Waals surface area (Å²) < 4.78 is 0. The fourth-order valence-electron chi connectivity index (χ4n) is 2.78. The molecule has 1 N–H and O–H groups in total. The molecular weight excluding hydrogens is 264 g/mol. The Balaban J connectivity index is 1.79. The Bertz CT molecular complexity index is 397. The van der Waals surface area contributed by atoms with Crippen molar-refractivity contribution in [2.45, 2.75) is 52.5 Å². The first kappa shape index (κ1) is 16.0. The van der Waals surface area contributed by atoms with Crippen molar-refractivity contribution in [1.82, 2.24) is 10.2 Å². The maximum atomic E-state index is 3.49. The van der Waals surface area contributed by atoms with Gasteiger partial charge in [0.25, 0.3) is 0 Å². The van der Waals surface area contributed by atoms with Crippen LogP contribution in [0.2, 0.25) is 0 Å². The molecule has 1 saturated heterocycles. The van der Waals surface area contributed by atoms with E-state index in [-0.39, 0.29) is 0 Å². The van der Waals surface area contributed by atoms with Crippen LogP contribution >= 0.6 is 11.3 Å². The van der Waals surface area contributed by atoms with Gasteiger partial charge in [0.1, 0.15) is 0 Å². The lowest BCUT2D eigenvalue weighted by Gasteiger charge is -2.31. The number of hydrogen-bond acceptors (Lipinski definition) is 3. The summed E-state index contributed by atoms with van der Waals surface area (Å²) in [5.74, 6) is 0.889. The van der Waals surface area contributed by atoms with E-state index in [1.165, 1.54) is 42.2 Å². The van der Waals surface area contributed by atoms with E-state index in [9.17, 15) is 0 Å². The number of likely N-dealkylation sites (tertiary alicyclic amines) is 1. The zero-order valence-electron chi connectivity index (χ0n) is 13.5. The average molecular weight is 295 g/mol. The molecule has 1 aromatic heterocycles. The molecule has 0 aliphatic carbocycles. The molecule has 0 spiro atoms. The van der Waals surface area contributed by atoms with Gasteiger partial charge in [0, 0.05) is 16.3 Å². The van der Waals surface area contributed by atoms with E-state index in [1.807, 2.05) is 11.3 Å². The van der Waals surface area contributed by atoms with Crippen LogP contribution in [-0.4, -0.2) is 31.1 Å². The summed E-state index contributed by atoms with van der Waals surface area (Å²) in [6.45, 7) is 15.1. The van der Waals surface area contributed by atoms with Crippen molar-refractivity contribution in [2.24, 2.45) is 5.92 Å². The second kappa shape index (κ2) is 7.06. The van der Waals surface area contributed by atoms with Crippen LogP contribution in [0.3, 0.4) is 0 Å². The molecule has 2 rings (SSSR count). The molecule has 114 valence electrons. The summed E-state index contributed by atoms with van der Waals surface area (Å²) in [6.07, 6.45) is 2.70. The first-order valence-corrected chi connectivity index (χ1v) is 8.83. The van der Waals surface area contributed by atoms with Crippen LogP contribution in [0.4, 0.5) is 0 Å². The largest absolute Gasteiger partial charge is 0.317 e. The Kier molecular flexibility index (Phi) is 5.65. The molecule has 0 saturated carbocycles. The van der Waals surface area contributed by atoms with Crippen LogP contribution in [0.1, 0.15) is 50.3 Å². The third kappa shape index (κ3) is 4.57. The Morgan fingerprint density at radius 2 is 1.95 bits per heavy atom. The predicted octanol–water partition coefficient (Wildman–Crippen LogP) is 3.87. The molecule has 1 fully saturated rings. The lowest BCUT2D eigenvalue weighted by molar-refractivity contribution is 0.177. The fraction of sp³-hybridized carbons (Fsp3) is 0.765. The molecule has 0 aromatic carbocycles. The smallest absolute Gasteiger partial charge is 0.0328 e. The third-order valence-corrected chi connectivity index (χ3v) is 5.67. The number of rotatable bonds is 5.